The summed E-state index contributed by atoms with van der Waals surface area (Å²) in [5.41, 5.74) is 6.54. The molecule has 1 aromatic heterocycles. The Balaban J connectivity index is 2.15. The van der Waals surface area contributed by atoms with E-state index in [-0.39, 0.29) is 0 Å². The van der Waals surface area contributed by atoms with Crippen molar-refractivity contribution in [3.8, 4) is 0 Å². The molecule has 0 saturated heterocycles. The number of rotatable bonds is 3. The number of carbonyl (C=O) groups is 1. The van der Waals surface area contributed by atoms with Gasteiger partial charge in [0.15, 0.2) is 0 Å². The van der Waals surface area contributed by atoms with Crippen LogP contribution in [0.2, 0.25) is 0 Å². The highest BCUT2D eigenvalue weighted by Gasteiger charge is 2.04. The molecule has 0 saturated carbocycles. The van der Waals surface area contributed by atoms with Crippen molar-refractivity contribution in [1.29, 1.82) is 0 Å². The van der Waals surface area contributed by atoms with E-state index in [1.54, 1.807) is 16.9 Å². The van der Waals surface area contributed by atoms with Crippen LogP contribution in [-0.4, -0.2) is 15.7 Å². The van der Waals surface area contributed by atoms with Gasteiger partial charge in [-0.2, -0.15) is 5.10 Å². The van der Waals surface area contributed by atoms with Crippen molar-refractivity contribution in [2.75, 3.05) is 0 Å². The molecule has 2 aromatic rings. The van der Waals surface area contributed by atoms with Crippen molar-refractivity contribution in [3.05, 3.63) is 53.9 Å². The Kier molecular flexibility index (Phi) is 2.49. The number of carbonyl (C=O) groups excluding carboxylic acids is 1. The van der Waals surface area contributed by atoms with Crippen molar-refractivity contribution in [1.82, 2.24) is 9.78 Å². The number of amides is 1. The smallest absolute Gasteiger partial charge is 0.269 e. The highest BCUT2D eigenvalue weighted by Crippen LogP contribution is 2.02. The lowest BCUT2D eigenvalue weighted by atomic mass is 10.2. The largest absolute Gasteiger partial charge is 0.364 e. The van der Waals surface area contributed by atoms with Gasteiger partial charge in [0, 0.05) is 6.20 Å². The standard InChI is InChI=1S/C11H11N3O/c12-11(15)10-6-7-14(13-10)8-9-4-2-1-3-5-9/h1-7H,8H2,(H2,12,15). The minimum Gasteiger partial charge on any atom is -0.364 e. The molecule has 4 heteroatoms. The second-order valence-corrected chi connectivity index (χ2v) is 3.25. The normalized spacial score (nSPS) is 10.1. The molecule has 2 rings (SSSR count). The summed E-state index contributed by atoms with van der Waals surface area (Å²) >= 11 is 0. The van der Waals surface area contributed by atoms with Crippen LogP contribution in [-0.2, 0) is 6.54 Å². The summed E-state index contributed by atoms with van der Waals surface area (Å²) in [5.74, 6) is -0.498. The van der Waals surface area contributed by atoms with Gasteiger partial charge in [-0.25, -0.2) is 0 Å². The maximum absolute atomic E-state index is 10.8. The molecule has 1 amide bonds. The van der Waals surface area contributed by atoms with Crippen LogP contribution in [0.1, 0.15) is 16.1 Å². The summed E-state index contributed by atoms with van der Waals surface area (Å²) in [5, 5.41) is 4.05. The van der Waals surface area contributed by atoms with Crippen molar-refractivity contribution < 1.29 is 4.79 Å². The molecule has 0 aliphatic rings. The second-order valence-electron chi connectivity index (χ2n) is 3.25. The number of hydrogen-bond donors (Lipinski definition) is 1. The SMILES string of the molecule is NC(=O)c1ccn(Cc2ccccc2)n1. The van der Waals surface area contributed by atoms with E-state index in [1.807, 2.05) is 30.3 Å². The van der Waals surface area contributed by atoms with E-state index in [0.717, 1.165) is 5.56 Å². The first-order valence-electron chi connectivity index (χ1n) is 4.63. The van der Waals surface area contributed by atoms with Crippen molar-refractivity contribution >= 4 is 5.91 Å². The summed E-state index contributed by atoms with van der Waals surface area (Å²) in [7, 11) is 0. The third kappa shape index (κ3) is 2.22. The molecule has 0 bridgehead atoms. The van der Waals surface area contributed by atoms with Gasteiger partial charge in [-0.3, -0.25) is 9.48 Å². The van der Waals surface area contributed by atoms with Gasteiger partial charge in [0.05, 0.1) is 6.54 Å². The molecule has 1 heterocycles. The van der Waals surface area contributed by atoms with Crippen LogP contribution in [0.25, 0.3) is 0 Å². The molecule has 0 spiro atoms. The maximum Gasteiger partial charge on any atom is 0.269 e. The Morgan fingerprint density at radius 1 is 1.27 bits per heavy atom. The summed E-state index contributed by atoms with van der Waals surface area (Å²) in [6.07, 6.45) is 1.74. The zero-order chi connectivity index (χ0) is 10.7. The zero-order valence-electron chi connectivity index (χ0n) is 8.13. The Hall–Kier alpha value is -2.10. The van der Waals surface area contributed by atoms with Crippen LogP contribution in [0.4, 0.5) is 0 Å². The number of hydrogen-bond acceptors (Lipinski definition) is 2. The monoisotopic (exact) mass is 201 g/mol. The van der Waals surface area contributed by atoms with E-state index >= 15 is 0 Å². The molecule has 4 nitrogen and oxygen atoms in total. The van der Waals surface area contributed by atoms with Crippen molar-refractivity contribution in [2.45, 2.75) is 6.54 Å². The van der Waals surface area contributed by atoms with E-state index in [0.29, 0.717) is 12.2 Å². The zero-order valence-corrected chi connectivity index (χ0v) is 8.13. The first-order valence-corrected chi connectivity index (χ1v) is 4.63. The Morgan fingerprint density at radius 3 is 2.60 bits per heavy atom. The summed E-state index contributed by atoms with van der Waals surface area (Å²) in [6, 6.07) is 11.5. The number of benzene rings is 1. The van der Waals surface area contributed by atoms with Crippen LogP contribution in [0, 0.1) is 0 Å². The van der Waals surface area contributed by atoms with Crippen molar-refractivity contribution in [3.63, 3.8) is 0 Å². The van der Waals surface area contributed by atoms with Gasteiger partial charge in [-0.15, -0.1) is 0 Å². The Bertz CT molecular complexity index is 462. The fourth-order valence-corrected chi connectivity index (χ4v) is 1.35. The molecule has 15 heavy (non-hydrogen) atoms. The molecule has 0 aliphatic heterocycles. The van der Waals surface area contributed by atoms with Crippen LogP contribution >= 0.6 is 0 Å². The third-order valence-electron chi connectivity index (χ3n) is 2.08. The molecule has 0 unspecified atom stereocenters. The number of nitrogens with two attached hydrogens (primary N) is 1. The molecule has 0 fully saturated rings. The fourth-order valence-electron chi connectivity index (χ4n) is 1.35. The Morgan fingerprint density at radius 2 is 2.00 bits per heavy atom. The lowest BCUT2D eigenvalue weighted by molar-refractivity contribution is 0.0995. The van der Waals surface area contributed by atoms with Crippen LogP contribution in [0.5, 0.6) is 0 Å². The van der Waals surface area contributed by atoms with Crippen LogP contribution < -0.4 is 5.73 Å². The average molecular weight is 201 g/mol. The summed E-state index contributed by atoms with van der Waals surface area (Å²) in [6.45, 7) is 0.647. The molecular formula is C11H11N3O. The topological polar surface area (TPSA) is 60.9 Å². The van der Waals surface area contributed by atoms with E-state index in [2.05, 4.69) is 5.10 Å². The first kappa shape index (κ1) is 9.45. The highest BCUT2D eigenvalue weighted by atomic mass is 16.1. The molecule has 76 valence electrons. The number of nitrogens with zero attached hydrogens (tertiary/aromatic N) is 2. The summed E-state index contributed by atoms with van der Waals surface area (Å²) < 4.78 is 1.69. The molecule has 1 aromatic carbocycles. The quantitative estimate of drug-likeness (QED) is 0.806. The van der Waals surface area contributed by atoms with Crippen molar-refractivity contribution in [2.24, 2.45) is 5.73 Å². The van der Waals surface area contributed by atoms with Gasteiger partial charge in [-0.1, -0.05) is 30.3 Å². The van der Waals surface area contributed by atoms with Gasteiger partial charge in [0.25, 0.3) is 5.91 Å². The summed E-state index contributed by atoms with van der Waals surface area (Å²) in [4.78, 5) is 10.8. The second kappa shape index (κ2) is 3.96. The average Bonchev–Trinajstić information content (AvgIpc) is 2.68. The van der Waals surface area contributed by atoms with E-state index in [4.69, 9.17) is 5.73 Å². The molecular weight excluding hydrogens is 190 g/mol. The maximum atomic E-state index is 10.8. The van der Waals surface area contributed by atoms with Gasteiger partial charge >= 0.3 is 0 Å². The molecule has 0 atom stereocenters. The molecule has 0 radical (unpaired) electrons. The number of aromatic nitrogens is 2. The minimum absolute atomic E-state index is 0.297. The van der Waals surface area contributed by atoms with Gasteiger partial charge in [0.1, 0.15) is 5.69 Å². The predicted octanol–water partition coefficient (Wildman–Crippen LogP) is 1.03. The molecule has 2 N–H and O–H groups in total. The lowest BCUT2D eigenvalue weighted by Gasteiger charge is -2.00. The molecule has 0 aliphatic carbocycles. The van der Waals surface area contributed by atoms with E-state index < -0.39 is 5.91 Å². The fraction of sp³-hybridized carbons (Fsp3) is 0.0909. The van der Waals surface area contributed by atoms with E-state index in [1.165, 1.54) is 0 Å². The van der Waals surface area contributed by atoms with E-state index in [9.17, 15) is 4.79 Å². The van der Waals surface area contributed by atoms with Gasteiger partial charge in [-0.05, 0) is 11.6 Å². The van der Waals surface area contributed by atoms with Gasteiger partial charge in [0.2, 0.25) is 0 Å². The van der Waals surface area contributed by atoms with Crippen LogP contribution in [0.3, 0.4) is 0 Å². The lowest BCUT2D eigenvalue weighted by Crippen LogP contribution is -2.12. The third-order valence-corrected chi connectivity index (χ3v) is 2.08. The predicted molar refractivity (Wildman–Crippen MR) is 56.3 cm³/mol. The highest BCUT2D eigenvalue weighted by molar-refractivity contribution is 5.90. The van der Waals surface area contributed by atoms with Crippen LogP contribution in [0.15, 0.2) is 42.6 Å². The number of primary amides is 1. The Labute approximate surface area is 87.3 Å². The minimum atomic E-state index is -0.498. The van der Waals surface area contributed by atoms with Gasteiger partial charge < -0.3 is 5.73 Å². The first-order chi connectivity index (χ1) is 7.25.